The second-order valence-electron chi connectivity index (χ2n) is 6.19. The van der Waals surface area contributed by atoms with E-state index in [2.05, 4.69) is 34.2 Å². The summed E-state index contributed by atoms with van der Waals surface area (Å²) < 4.78 is 3.54. The van der Waals surface area contributed by atoms with Crippen LogP contribution in [0.4, 0.5) is 0 Å². The molecule has 8 heteroatoms. The van der Waals surface area contributed by atoms with Crippen LogP contribution in [0.5, 0.6) is 0 Å². The highest BCUT2D eigenvalue weighted by Gasteiger charge is 2.14. The summed E-state index contributed by atoms with van der Waals surface area (Å²) in [4.78, 5) is 32.1. The van der Waals surface area contributed by atoms with Gasteiger partial charge in [0.25, 0.3) is 11.5 Å². The first kappa shape index (κ1) is 16.0. The van der Waals surface area contributed by atoms with Crippen LogP contribution in [-0.4, -0.2) is 30.1 Å². The molecule has 2 N–H and O–H groups in total. The highest BCUT2D eigenvalue weighted by molar-refractivity contribution is 5.95. The monoisotopic (exact) mass is 328 g/mol. The maximum atomic E-state index is 12.5. The molecule has 3 aromatic rings. The van der Waals surface area contributed by atoms with Gasteiger partial charge in [0, 0.05) is 25.0 Å². The SMILES string of the molecule is Cc1c(C(=O)NCc2cncn2CC(C)C)cnc2cc(=O)[nH]n12. The zero-order valence-corrected chi connectivity index (χ0v) is 13.9. The molecule has 0 atom stereocenters. The number of fused-ring (bicyclic) bond motifs is 1. The van der Waals surface area contributed by atoms with Crippen molar-refractivity contribution in [3.8, 4) is 0 Å². The summed E-state index contributed by atoms with van der Waals surface area (Å²) in [5.74, 6) is 0.252. The fourth-order valence-corrected chi connectivity index (χ4v) is 2.62. The first-order chi connectivity index (χ1) is 11.5. The Morgan fingerprint density at radius 3 is 2.92 bits per heavy atom. The second kappa shape index (κ2) is 6.31. The molecule has 0 unspecified atom stereocenters. The van der Waals surface area contributed by atoms with Crippen molar-refractivity contribution in [2.24, 2.45) is 5.92 Å². The van der Waals surface area contributed by atoms with Gasteiger partial charge in [-0.15, -0.1) is 0 Å². The van der Waals surface area contributed by atoms with E-state index in [0.717, 1.165) is 12.2 Å². The largest absolute Gasteiger partial charge is 0.346 e. The van der Waals surface area contributed by atoms with Gasteiger partial charge in [0.15, 0.2) is 5.65 Å². The Morgan fingerprint density at radius 2 is 2.17 bits per heavy atom. The number of hydrogen-bond acceptors (Lipinski definition) is 4. The van der Waals surface area contributed by atoms with Crippen LogP contribution in [0.3, 0.4) is 0 Å². The van der Waals surface area contributed by atoms with E-state index in [-0.39, 0.29) is 11.5 Å². The van der Waals surface area contributed by atoms with E-state index in [1.54, 1.807) is 19.4 Å². The molecule has 0 fully saturated rings. The van der Waals surface area contributed by atoms with Crippen LogP contribution in [0.2, 0.25) is 0 Å². The standard InChI is InChI=1S/C16H20N6O2/c1-10(2)8-21-9-17-5-12(21)6-19-16(24)13-7-18-14-4-15(23)20-22(14)11(13)3/h4-5,7,9-10H,6,8H2,1-3H3,(H,19,24)(H,20,23). The number of nitrogens with zero attached hydrogens (tertiary/aromatic N) is 4. The van der Waals surface area contributed by atoms with Crippen molar-refractivity contribution in [2.75, 3.05) is 0 Å². The predicted octanol–water partition coefficient (Wildman–Crippen LogP) is 1.11. The highest BCUT2D eigenvalue weighted by Crippen LogP contribution is 2.09. The summed E-state index contributed by atoms with van der Waals surface area (Å²) in [6.45, 7) is 7.26. The smallest absolute Gasteiger partial charge is 0.266 e. The molecule has 3 heterocycles. The Hall–Kier alpha value is -2.90. The van der Waals surface area contributed by atoms with Crippen LogP contribution < -0.4 is 10.9 Å². The molecule has 0 aliphatic heterocycles. The lowest BCUT2D eigenvalue weighted by Crippen LogP contribution is -2.26. The van der Waals surface area contributed by atoms with Gasteiger partial charge in [0.1, 0.15) is 0 Å². The van der Waals surface area contributed by atoms with Crippen LogP contribution in [0, 0.1) is 12.8 Å². The number of imidazole rings is 1. The van der Waals surface area contributed by atoms with E-state index in [4.69, 9.17) is 0 Å². The maximum Gasteiger partial charge on any atom is 0.266 e. The first-order valence-electron chi connectivity index (χ1n) is 7.80. The number of carbonyl (C=O) groups is 1. The Kier molecular flexibility index (Phi) is 4.20. The Bertz CT molecular complexity index is 934. The van der Waals surface area contributed by atoms with Crippen LogP contribution >= 0.6 is 0 Å². The molecular formula is C16H20N6O2. The average molecular weight is 328 g/mol. The van der Waals surface area contributed by atoms with Crippen molar-refractivity contribution in [3.05, 3.63) is 52.1 Å². The van der Waals surface area contributed by atoms with Crippen molar-refractivity contribution in [2.45, 2.75) is 33.9 Å². The third-order valence-electron chi connectivity index (χ3n) is 3.80. The molecule has 0 saturated carbocycles. The molecular weight excluding hydrogens is 308 g/mol. The molecule has 0 saturated heterocycles. The molecule has 0 aliphatic rings. The van der Waals surface area contributed by atoms with Gasteiger partial charge >= 0.3 is 0 Å². The van der Waals surface area contributed by atoms with E-state index in [9.17, 15) is 9.59 Å². The van der Waals surface area contributed by atoms with E-state index in [1.807, 2.05) is 4.57 Å². The predicted molar refractivity (Wildman–Crippen MR) is 88.8 cm³/mol. The molecule has 0 spiro atoms. The minimum atomic E-state index is -0.249. The van der Waals surface area contributed by atoms with E-state index < -0.39 is 0 Å². The Morgan fingerprint density at radius 1 is 1.38 bits per heavy atom. The van der Waals surface area contributed by atoms with Crippen LogP contribution in [-0.2, 0) is 13.1 Å². The van der Waals surface area contributed by atoms with Crippen molar-refractivity contribution in [3.63, 3.8) is 0 Å². The van der Waals surface area contributed by atoms with Crippen molar-refractivity contribution >= 4 is 11.6 Å². The summed E-state index contributed by atoms with van der Waals surface area (Å²) in [5, 5.41) is 5.51. The van der Waals surface area contributed by atoms with Crippen molar-refractivity contribution in [1.82, 2.24) is 29.5 Å². The lowest BCUT2D eigenvalue weighted by Gasteiger charge is -2.12. The summed E-state index contributed by atoms with van der Waals surface area (Å²) in [5.41, 5.74) is 2.24. The molecule has 0 bridgehead atoms. The number of aryl methyl sites for hydroxylation is 1. The molecule has 126 valence electrons. The van der Waals surface area contributed by atoms with Gasteiger partial charge < -0.3 is 9.88 Å². The molecule has 1 amide bonds. The summed E-state index contributed by atoms with van der Waals surface area (Å²) in [6.07, 6.45) is 5.00. The van der Waals surface area contributed by atoms with Crippen LogP contribution in [0.15, 0.2) is 29.6 Å². The summed E-state index contributed by atoms with van der Waals surface area (Å²) in [7, 11) is 0. The number of nitrogens with one attached hydrogen (secondary N) is 2. The number of H-pyrrole nitrogens is 1. The van der Waals surface area contributed by atoms with Gasteiger partial charge in [0.05, 0.1) is 29.8 Å². The highest BCUT2D eigenvalue weighted by atomic mass is 16.1. The summed E-state index contributed by atoms with van der Waals surface area (Å²) >= 11 is 0. The quantitative estimate of drug-likeness (QED) is 0.733. The fourth-order valence-electron chi connectivity index (χ4n) is 2.62. The topological polar surface area (TPSA) is 97.1 Å². The zero-order chi connectivity index (χ0) is 17.3. The van der Waals surface area contributed by atoms with E-state index >= 15 is 0 Å². The van der Waals surface area contributed by atoms with E-state index in [0.29, 0.717) is 29.4 Å². The molecule has 3 aromatic heterocycles. The van der Waals surface area contributed by atoms with Gasteiger partial charge in [-0.2, -0.15) is 0 Å². The Labute approximate surface area is 138 Å². The minimum absolute atomic E-state index is 0.242. The zero-order valence-electron chi connectivity index (χ0n) is 13.9. The lowest BCUT2D eigenvalue weighted by molar-refractivity contribution is 0.0948. The van der Waals surface area contributed by atoms with Crippen LogP contribution in [0.25, 0.3) is 5.65 Å². The number of rotatable bonds is 5. The van der Waals surface area contributed by atoms with Gasteiger partial charge in [-0.05, 0) is 12.8 Å². The third-order valence-corrected chi connectivity index (χ3v) is 3.80. The van der Waals surface area contributed by atoms with Crippen molar-refractivity contribution in [1.29, 1.82) is 0 Å². The maximum absolute atomic E-state index is 12.5. The van der Waals surface area contributed by atoms with Gasteiger partial charge in [-0.25, -0.2) is 14.5 Å². The average Bonchev–Trinajstić information content (AvgIpc) is 3.11. The Balaban J connectivity index is 1.77. The van der Waals surface area contributed by atoms with Gasteiger partial charge in [-0.3, -0.25) is 14.7 Å². The van der Waals surface area contributed by atoms with Gasteiger partial charge in [0.2, 0.25) is 0 Å². The van der Waals surface area contributed by atoms with Crippen LogP contribution in [0.1, 0.15) is 35.6 Å². The number of aromatic amines is 1. The van der Waals surface area contributed by atoms with Crippen molar-refractivity contribution < 1.29 is 4.79 Å². The third kappa shape index (κ3) is 3.08. The first-order valence-corrected chi connectivity index (χ1v) is 7.80. The molecule has 0 aromatic carbocycles. The lowest BCUT2D eigenvalue weighted by atomic mass is 10.2. The normalized spacial score (nSPS) is 11.3. The minimum Gasteiger partial charge on any atom is -0.346 e. The molecule has 0 aliphatic carbocycles. The summed E-state index contributed by atoms with van der Waals surface area (Å²) in [6, 6.07) is 1.39. The number of hydrogen-bond donors (Lipinski definition) is 2. The van der Waals surface area contributed by atoms with E-state index in [1.165, 1.54) is 16.8 Å². The molecule has 24 heavy (non-hydrogen) atoms. The molecule has 8 nitrogen and oxygen atoms in total. The number of amides is 1. The molecule has 0 radical (unpaired) electrons. The fraction of sp³-hybridized carbons (Fsp3) is 0.375. The second-order valence-corrected chi connectivity index (χ2v) is 6.19. The number of carbonyl (C=O) groups excluding carboxylic acids is 1. The van der Waals surface area contributed by atoms with Gasteiger partial charge in [-0.1, -0.05) is 13.8 Å². The molecule has 3 rings (SSSR count). The number of aromatic nitrogens is 5.